The molecule has 2 bridgehead atoms. The molecule has 0 aliphatic carbocycles. The van der Waals surface area contributed by atoms with Gasteiger partial charge in [0.1, 0.15) is 17.9 Å². The van der Waals surface area contributed by atoms with E-state index in [0.29, 0.717) is 6.54 Å². The van der Waals surface area contributed by atoms with Gasteiger partial charge in [0.05, 0.1) is 19.2 Å². The number of carbonyl (C=O) groups excluding carboxylic acids is 1. The number of methoxy groups -OCH3 is 1. The van der Waals surface area contributed by atoms with Crippen molar-refractivity contribution in [1.29, 1.82) is 0 Å². The smallest absolute Gasteiger partial charge is 0.318 e. The number of fused-ring (bicyclic) bond motifs is 3. The molecule has 28 heavy (non-hydrogen) atoms. The number of hydrogen-bond acceptors (Lipinski definition) is 6. The fraction of sp³-hybridized carbons (Fsp3) is 0.368. The molecule has 9 heteroatoms. The van der Waals surface area contributed by atoms with Crippen molar-refractivity contribution in [3.8, 4) is 5.75 Å². The Morgan fingerprint density at radius 1 is 1.18 bits per heavy atom. The maximum absolute atomic E-state index is 12.7. The van der Waals surface area contributed by atoms with E-state index in [1.807, 2.05) is 41.3 Å². The number of piperazine rings is 1. The Morgan fingerprint density at radius 2 is 1.96 bits per heavy atom. The quantitative estimate of drug-likeness (QED) is 0.735. The Hall–Kier alpha value is -3.36. The van der Waals surface area contributed by atoms with Crippen LogP contribution in [0.25, 0.3) is 5.65 Å². The van der Waals surface area contributed by atoms with Crippen LogP contribution in [0.15, 0.2) is 42.7 Å². The van der Waals surface area contributed by atoms with Crippen LogP contribution in [0.4, 0.5) is 10.6 Å². The first-order chi connectivity index (χ1) is 13.7. The van der Waals surface area contributed by atoms with E-state index in [1.165, 1.54) is 0 Å². The molecule has 2 atom stereocenters. The first-order valence-corrected chi connectivity index (χ1v) is 9.32. The first-order valence-electron chi connectivity index (χ1n) is 9.32. The van der Waals surface area contributed by atoms with Gasteiger partial charge in [0, 0.05) is 19.6 Å². The van der Waals surface area contributed by atoms with Gasteiger partial charge in [0.25, 0.3) is 0 Å². The van der Waals surface area contributed by atoms with E-state index >= 15 is 0 Å². The van der Waals surface area contributed by atoms with Gasteiger partial charge >= 0.3 is 6.03 Å². The van der Waals surface area contributed by atoms with E-state index in [0.717, 1.165) is 42.3 Å². The summed E-state index contributed by atoms with van der Waals surface area (Å²) in [5, 5.41) is 15.4. The third-order valence-corrected chi connectivity index (χ3v) is 5.50. The molecular formula is C19H21N7O2. The average Bonchev–Trinajstić information content (AvgIpc) is 3.20. The summed E-state index contributed by atoms with van der Waals surface area (Å²) in [6.07, 6.45) is 2.64. The highest BCUT2D eigenvalue weighted by Crippen LogP contribution is 2.34. The summed E-state index contributed by atoms with van der Waals surface area (Å²) in [5.41, 5.74) is 1.78. The molecule has 1 aromatic carbocycles. The van der Waals surface area contributed by atoms with Crippen molar-refractivity contribution in [2.24, 2.45) is 0 Å². The minimum Gasteiger partial charge on any atom is -0.497 e. The van der Waals surface area contributed by atoms with E-state index in [2.05, 4.69) is 25.5 Å². The number of carbonyl (C=O) groups is 1. The predicted molar refractivity (Wildman–Crippen MR) is 102 cm³/mol. The lowest BCUT2D eigenvalue weighted by Gasteiger charge is -2.56. The fourth-order valence-corrected chi connectivity index (χ4v) is 4.03. The predicted octanol–water partition coefficient (Wildman–Crippen LogP) is 1.31. The summed E-state index contributed by atoms with van der Waals surface area (Å²) in [6, 6.07) is 12.0. The Bertz CT molecular complexity index is 991. The van der Waals surface area contributed by atoms with Crippen LogP contribution in [0.5, 0.6) is 5.75 Å². The maximum atomic E-state index is 12.7. The molecule has 3 aliphatic heterocycles. The van der Waals surface area contributed by atoms with E-state index in [9.17, 15) is 4.79 Å². The lowest BCUT2D eigenvalue weighted by molar-refractivity contribution is 0.0364. The van der Waals surface area contributed by atoms with Crippen molar-refractivity contribution in [3.05, 3.63) is 48.3 Å². The van der Waals surface area contributed by atoms with Crippen LogP contribution in [0, 0.1) is 0 Å². The summed E-state index contributed by atoms with van der Waals surface area (Å²) in [7, 11) is 1.64. The van der Waals surface area contributed by atoms with Crippen LogP contribution in [0.2, 0.25) is 0 Å². The van der Waals surface area contributed by atoms with E-state index in [-0.39, 0.29) is 18.1 Å². The number of amides is 2. The van der Waals surface area contributed by atoms with Crippen molar-refractivity contribution in [2.45, 2.75) is 25.0 Å². The molecule has 2 amide bonds. The number of hydrogen-bond donors (Lipinski definition) is 1. The third kappa shape index (κ3) is 2.88. The molecule has 0 spiro atoms. The fourth-order valence-electron chi connectivity index (χ4n) is 4.03. The summed E-state index contributed by atoms with van der Waals surface area (Å²) >= 11 is 0. The number of nitrogens with one attached hydrogen (secondary N) is 1. The van der Waals surface area contributed by atoms with Crippen molar-refractivity contribution >= 4 is 17.5 Å². The molecule has 3 aliphatic rings. The number of ether oxygens (including phenoxy) is 1. The van der Waals surface area contributed by atoms with Gasteiger partial charge in [-0.3, -0.25) is 0 Å². The second kappa shape index (κ2) is 6.66. The van der Waals surface area contributed by atoms with Gasteiger partial charge in [0.15, 0.2) is 5.65 Å². The number of aromatic nitrogens is 4. The number of piperidine rings is 1. The molecule has 9 nitrogen and oxygen atoms in total. The molecule has 2 unspecified atom stereocenters. The minimum absolute atomic E-state index is 0.000982. The SMILES string of the molecule is COc1ccc(CNC(=O)N2C3CC2CN(c2ccc4nncn4n2)C3)cc1. The van der Waals surface area contributed by atoms with Gasteiger partial charge in [-0.15, -0.1) is 15.3 Å². The van der Waals surface area contributed by atoms with Gasteiger partial charge in [-0.2, -0.15) is 4.52 Å². The second-order valence-corrected chi connectivity index (χ2v) is 7.19. The van der Waals surface area contributed by atoms with Crippen LogP contribution in [-0.4, -0.2) is 63.0 Å². The van der Waals surface area contributed by atoms with Gasteiger partial charge in [-0.05, 0) is 36.2 Å². The minimum atomic E-state index is -0.000982. The van der Waals surface area contributed by atoms with Crippen molar-refractivity contribution < 1.29 is 9.53 Å². The molecular weight excluding hydrogens is 358 g/mol. The van der Waals surface area contributed by atoms with Gasteiger partial charge < -0.3 is 19.9 Å². The topological polar surface area (TPSA) is 87.9 Å². The number of nitrogens with zero attached hydrogens (tertiary/aromatic N) is 6. The molecule has 0 saturated carbocycles. The summed E-state index contributed by atoms with van der Waals surface area (Å²) in [6.45, 7) is 2.08. The molecule has 3 fully saturated rings. The third-order valence-electron chi connectivity index (χ3n) is 5.50. The Morgan fingerprint density at radius 3 is 2.71 bits per heavy atom. The van der Waals surface area contributed by atoms with Crippen LogP contribution in [0.3, 0.4) is 0 Å². The van der Waals surface area contributed by atoms with Gasteiger partial charge in [0.2, 0.25) is 0 Å². The molecule has 2 aromatic heterocycles. The normalized spacial score (nSPS) is 20.8. The number of urea groups is 1. The first kappa shape index (κ1) is 16.8. The van der Waals surface area contributed by atoms with Crippen molar-refractivity contribution in [3.63, 3.8) is 0 Å². The molecule has 5 heterocycles. The maximum Gasteiger partial charge on any atom is 0.318 e. The largest absolute Gasteiger partial charge is 0.497 e. The van der Waals surface area contributed by atoms with Crippen LogP contribution >= 0.6 is 0 Å². The molecule has 1 N–H and O–H groups in total. The van der Waals surface area contributed by atoms with Crippen molar-refractivity contribution in [2.75, 3.05) is 25.1 Å². The Balaban J connectivity index is 1.20. The number of anilines is 1. The van der Waals surface area contributed by atoms with E-state index in [4.69, 9.17) is 4.74 Å². The van der Waals surface area contributed by atoms with Crippen LogP contribution in [-0.2, 0) is 6.54 Å². The monoisotopic (exact) mass is 379 g/mol. The average molecular weight is 379 g/mol. The Labute approximate surface area is 161 Å². The summed E-state index contributed by atoms with van der Waals surface area (Å²) in [5.74, 6) is 1.70. The van der Waals surface area contributed by atoms with E-state index in [1.54, 1.807) is 18.0 Å². The zero-order valence-electron chi connectivity index (χ0n) is 15.5. The summed E-state index contributed by atoms with van der Waals surface area (Å²) < 4.78 is 6.84. The lowest BCUT2D eigenvalue weighted by Crippen LogP contribution is -2.71. The molecule has 144 valence electrons. The van der Waals surface area contributed by atoms with Crippen LogP contribution < -0.4 is 15.0 Å². The van der Waals surface area contributed by atoms with Crippen LogP contribution in [0.1, 0.15) is 12.0 Å². The van der Waals surface area contributed by atoms with Crippen molar-refractivity contribution in [1.82, 2.24) is 30.0 Å². The Kier molecular flexibility index (Phi) is 4.00. The number of benzene rings is 1. The molecule has 6 rings (SSSR count). The van der Waals surface area contributed by atoms with E-state index < -0.39 is 0 Å². The highest BCUT2D eigenvalue weighted by atomic mass is 16.5. The molecule has 0 radical (unpaired) electrons. The molecule has 3 saturated heterocycles. The van der Waals surface area contributed by atoms with Gasteiger partial charge in [-0.1, -0.05) is 12.1 Å². The number of rotatable bonds is 4. The zero-order chi connectivity index (χ0) is 19.1. The summed E-state index contributed by atoms with van der Waals surface area (Å²) in [4.78, 5) is 16.9. The lowest BCUT2D eigenvalue weighted by atomic mass is 9.88. The highest BCUT2D eigenvalue weighted by Gasteiger charge is 2.47. The van der Waals surface area contributed by atoms with Gasteiger partial charge in [-0.25, -0.2) is 4.79 Å². The zero-order valence-corrected chi connectivity index (χ0v) is 15.5. The second-order valence-electron chi connectivity index (χ2n) is 7.19. The molecule has 3 aromatic rings. The highest BCUT2D eigenvalue weighted by molar-refractivity contribution is 5.76. The standard InChI is InChI=1S/C19H21N7O2/c1-28-16-4-2-13(3-5-16)9-20-19(27)26-14-8-15(26)11-24(10-14)18-7-6-17-22-21-12-25(17)23-18/h2-7,12,14-15H,8-11H2,1H3,(H,20,27).